The highest BCUT2D eigenvalue weighted by Crippen LogP contribution is 2.28. The summed E-state index contributed by atoms with van der Waals surface area (Å²) in [5.74, 6) is -0.197. The van der Waals surface area contributed by atoms with Crippen LogP contribution in [0.25, 0.3) is 0 Å². The van der Waals surface area contributed by atoms with Gasteiger partial charge in [0.15, 0.2) is 0 Å². The third-order valence-electron chi connectivity index (χ3n) is 4.62. The Morgan fingerprint density at radius 1 is 1.00 bits per heavy atom. The van der Waals surface area contributed by atoms with Gasteiger partial charge in [-0.1, -0.05) is 32.9 Å². The lowest BCUT2D eigenvalue weighted by molar-refractivity contribution is -0.126. The Hall–Kier alpha value is -2.24. The van der Waals surface area contributed by atoms with Gasteiger partial charge < -0.3 is 20.9 Å². The zero-order chi connectivity index (χ0) is 20.1. The minimum Gasteiger partial charge on any atom is -0.370 e. The number of carbonyl (C=O) groups is 2. The molecule has 3 amide bonds. The number of amides is 3. The molecule has 0 aromatic heterocycles. The molecule has 6 nitrogen and oxygen atoms in total. The van der Waals surface area contributed by atoms with Crippen LogP contribution in [0.15, 0.2) is 24.3 Å². The van der Waals surface area contributed by atoms with E-state index in [0.29, 0.717) is 6.54 Å². The first-order valence-electron chi connectivity index (χ1n) is 9.80. The second-order valence-corrected chi connectivity index (χ2v) is 9.01. The number of nitrogens with one attached hydrogen (secondary N) is 3. The van der Waals surface area contributed by atoms with Crippen LogP contribution in [0.2, 0.25) is 0 Å². The standard InChI is InChI=1S/C21H34N4O2/c1-20(2,3)15-22-18(26)21(4,5)24-19(27)23-16-11-7-8-12-17(16)25-13-9-6-10-14-25/h7-8,11-12H,6,9-10,13-15H2,1-5H3,(H,22,26)(H2,23,24,27). The van der Waals surface area contributed by atoms with Gasteiger partial charge in [-0.15, -0.1) is 0 Å². The lowest BCUT2D eigenvalue weighted by Gasteiger charge is -2.31. The van der Waals surface area contributed by atoms with Crippen molar-refractivity contribution in [3.05, 3.63) is 24.3 Å². The molecule has 2 rings (SSSR count). The molecular weight excluding hydrogens is 340 g/mol. The van der Waals surface area contributed by atoms with E-state index >= 15 is 0 Å². The molecule has 0 spiro atoms. The molecule has 150 valence electrons. The first kappa shape index (κ1) is 21.1. The summed E-state index contributed by atoms with van der Waals surface area (Å²) in [6, 6.07) is 7.44. The molecule has 1 aliphatic heterocycles. The molecule has 3 N–H and O–H groups in total. The van der Waals surface area contributed by atoms with E-state index in [1.807, 2.05) is 24.3 Å². The molecular formula is C21H34N4O2. The Labute approximate surface area is 163 Å². The van der Waals surface area contributed by atoms with Crippen molar-refractivity contribution in [3.63, 3.8) is 0 Å². The zero-order valence-electron chi connectivity index (χ0n) is 17.3. The minimum atomic E-state index is -1.00. The fourth-order valence-electron chi connectivity index (χ4n) is 3.05. The molecule has 1 aromatic rings. The molecule has 1 heterocycles. The summed E-state index contributed by atoms with van der Waals surface area (Å²) in [7, 11) is 0. The van der Waals surface area contributed by atoms with Gasteiger partial charge in [0.25, 0.3) is 0 Å². The van der Waals surface area contributed by atoms with Gasteiger partial charge in [0.05, 0.1) is 11.4 Å². The highest BCUT2D eigenvalue weighted by Gasteiger charge is 2.30. The summed E-state index contributed by atoms with van der Waals surface area (Å²) in [5, 5.41) is 8.62. The monoisotopic (exact) mass is 374 g/mol. The highest BCUT2D eigenvalue weighted by atomic mass is 16.2. The first-order valence-corrected chi connectivity index (χ1v) is 9.80. The second kappa shape index (κ2) is 8.63. The minimum absolute atomic E-state index is 0.0125. The van der Waals surface area contributed by atoms with E-state index in [2.05, 4.69) is 41.6 Å². The molecule has 1 saturated heterocycles. The van der Waals surface area contributed by atoms with Gasteiger partial charge in [-0.25, -0.2) is 4.79 Å². The van der Waals surface area contributed by atoms with Crippen LogP contribution in [0, 0.1) is 5.41 Å². The van der Waals surface area contributed by atoms with E-state index < -0.39 is 5.54 Å². The summed E-state index contributed by atoms with van der Waals surface area (Å²) < 4.78 is 0. The molecule has 1 fully saturated rings. The number of rotatable bonds is 5. The van der Waals surface area contributed by atoms with Crippen molar-refractivity contribution in [2.24, 2.45) is 5.41 Å². The summed E-state index contributed by atoms with van der Waals surface area (Å²) >= 11 is 0. The fraction of sp³-hybridized carbons (Fsp3) is 0.619. The molecule has 0 radical (unpaired) electrons. The third-order valence-corrected chi connectivity index (χ3v) is 4.62. The highest BCUT2D eigenvalue weighted by molar-refractivity contribution is 5.97. The van der Waals surface area contributed by atoms with Crippen molar-refractivity contribution in [3.8, 4) is 0 Å². The van der Waals surface area contributed by atoms with Crippen LogP contribution >= 0.6 is 0 Å². The van der Waals surface area contributed by atoms with Gasteiger partial charge in [0, 0.05) is 19.6 Å². The van der Waals surface area contributed by atoms with Crippen LogP contribution in [0.5, 0.6) is 0 Å². The Morgan fingerprint density at radius 3 is 2.26 bits per heavy atom. The van der Waals surface area contributed by atoms with E-state index in [0.717, 1.165) is 24.5 Å². The molecule has 0 aliphatic carbocycles. The zero-order valence-corrected chi connectivity index (χ0v) is 17.3. The number of carbonyl (C=O) groups excluding carboxylic acids is 2. The topological polar surface area (TPSA) is 73.5 Å². The summed E-state index contributed by atoms with van der Waals surface area (Å²) in [4.78, 5) is 27.3. The Kier molecular flexibility index (Phi) is 6.73. The van der Waals surface area contributed by atoms with Crippen LogP contribution in [-0.4, -0.2) is 37.1 Å². The van der Waals surface area contributed by atoms with E-state index in [-0.39, 0.29) is 17.4 Å². The smallest absolute Gasteiger partial charge is 0.320 e. The van der Waals surface area contributed by atoms with Gasteiger partial charge in [-0.05, 0) is 50.7 Å². The number of hydrogen-bond acceptors (Lipinski definition) is 3. The normalized spacial score (nSPS) is 15.2. The van der Waals surface area contributed by atoms with Crippen molar-refractivity contribution in [2.45, 2.75) is 59.4 Å². The number of urea groups is 1. The molecule has 0 bridgehead atoms. The molecule has 0 atom stereocenters. The van der Waals surface area contributed by atoms with Gasteiger partial charge in [0.2, 0.25) is 5.91 Å². The van der Waals surface area contributed by atoms with E-state index in [4.69, 9.17) is 0 Å². The van der Waals surface area contributed by atoms with Gasteiger partial charge in [-0.3, -0.25) is 4.79 Å². The van der Waals surface area contributed by atoms with Crippen LogP contribution in [0.3, 0.4) is 0 Å². The lowest BCUT2D eigenvalue weighted by Crippen LogP contribution is -2.56. The Balaban J connectivity index is 1.99. The SMILES string of the molecule is CC(C)(C)CNC(=O)C(C)(C)NC(=O)Nc1ccccc1N1CCCCC1. The molecule has 6 heteroatoms. The molecule has 27 heavy (non-hydrogen) atoms. The molecule has 1 aliphatic rings. The lowest BCUT2D eigenvalue weighted by atomic mass is 9.96. The first-order chi connectivity index (χ1) is 12.6. The number of piperidine rings is 1. The number of anilines is 2. The molecule has 0 unspecified atom stereocenters. The van der Waals surface area contributed by atoms with Crippen LogP contribution in [0.1, 0.15) is 53.9 Å². The fourth-order valence-corrected chi connectivity index (χ4v) is 3.05. The van der Waals surface area contributed by atoms with E-state index in [1.54, 1.807) is 13.8 Å². The maximum atomic E-state index is 12.5. The predicted molar refractivity (Wildman–Crippen MR) is 111 cm³/mol. The molecule has 1 aromatic carbocycles. The quantitative estimate of drug-likeness (QED) is 0.735. The number of nitrogens with zero attached hydrogens (tertiary/aromatic N) is 1. The van der Waals surface area contributed by atoms with Crippen molar-refractivity contribution in [1.82, 2.24) is 10.6 Å². The van der Waals surface area contributed by atoms with Crippen molar-refractivity contribution < 1.29 is 9.59 Å². The average molecular weight is 375 g/mol. The van der Waals surface area contributed by atoms with Crippen molar-refractivity contribution in [1.29, 1.82) is 0 Å². The predicted octanol–water partition coefficient (Wildman–Crippen LogP) is 3.74. The van der Waals surface area contributed by atoms with Crippen molar-refractivity contribution >= 4 is 23.3 Å². The van der Waals surface area contributed by atoms with Gasteiger partial charge >= 0.3 is 6.03 Å². The van der Waals surface area contributed by atoms with Gasteiger partial charge in [0.1, 0.15) is 5.54 Å². The van der Waals surface area contributed by atoms with Crippen LogP contribution < -0.4 is 20.9 Å². The van der Waals surface area contributed by atoms with Crippen LogP contribution in [-0.2, 0) is 4.79 Å². The maximum absolute atomic E-state index is 12.5. The summed E-state index contributed by atoms with van der Waals surface area (Å²) in [6.07, 6.45) is 3.59. The Morgan fingerprint density at radius 2 is 1.63 bits per heavy atom. The number of benzene rings is 1. The summed E-state index contributed by atoms with van der Waals surface area (Å²) in [6.45, 7) is 12.1. The van der Waals surface area contributed by atoms with Crippen LogP contribution in [0.4, 0.5) is 16.2 Å². The number of para-hydroxylation sites is 2. The molecule has 0 saturated carbocycles. The van der Waals surface area contributed by atoms with E-state index in [9.17, 15) is 9.59 Å². The average Bonchev–Trinajstić information content (AvgIpc) is 2.59. The summed E-state index contributed by atoms with van der Waals surface area (Å²) in [5.41, 5.74) is 0.779. The largest absolute Gasteiger partial charge is 0.370 e. The second-order valence-electron chi connectivity index (χ2n) is 9.01. The Bertz CT molecular complexity index is 658. The number of hydrogen-bond donors (Lipinski definition) is 3. The van der Waals surface area contributed by atoms with Gasteiger partial charge in [-0.2, -0.15) is 0 Å². The maximum Gasteiger partial charge on any atom is 0.320 e. The third kappa shape index (κ3) is 6.45. The van der Waals surface area contributed by atoms with E-state index in [1.165, 1.54) is 19.3 Å². The van der Waals surface area contributed by atoms with Crippen molar-refractivity contribution in [2.75, 3.05) is 29.9 Å².